The number of nitrogens with zero attached hydrogens (tertiary/aromatic N) is 2. The molecule has 0 unspecified atom stereocenters. The molecule has 3 N–H and O–H groups in total. The summed E-state index contributed by atoms with van der Waals surface area (Å²) in [5, 5.41) is 22.4. The van der Waals surface area contributed by atoms with Crippen LogP contribution in [0.15, 0.2) is 28.3 Å². The lowest BCUT2D eigenvalue weighted by atomic mass is 10.2. The number of nitro benzene ring substituents is 1. The summed E-state index contributed by atoms with van der Waals surface area (Å²) in [7, 11) is 0. The van der Waals surface area contributed by atoms with Gasteiger partial charge in [-0.25, -0.2) is 0 Å². The number of hydrogen-bond donors (Lipinski definition) is 2. The Hall–Kier alpha value is -1.76. The molecule has 0 aliphatic carbocycles. The molecule has 0 saturated heterocycles. The van der Waals surface area contributed by atoms with Crippen molar-refractivity contribution in [3.8, 4) is 0 Å². The van der Waals surface area contributed by atoms with Crippen molar-refractivity contribution in [3.63, 3.8) is 0 Å². The van der Waals surface area contributed by atoms with Gasteiger partial charge < -0.3 is 10.9 Å². The molecular weight excluding hydrogens is 254 g/mol. The number of nitrogens with two attached hydrogens (primary N) is 1. The van der Waals surface area contributed by atoms with Crippen LogP contribution in [0.5, 0.6) is 0 Å². The van der Waals surface area contributed by atoms with Crippen molar-refractivity contribution >= 4 is 23.3 Å². The van der Waals surface area contributed by atoms with Crippen LogP contribution in [0.1, 0.15) is 26.3 Å². The van der Waals surface area contributed by atoms with Crippen LogP contribution >= 0.6 is 11.8 Å². The van der Waals surface area contributed by atoms with E-state index in [1.54, 1.807) is 12.1 Å². The van der Waals surface area contributed by atoms with Gasteiger partial charge in [-0.3, -0.25) is 10.1 Å². The Kier molecular flexibility index (Phi) is 4.18. The third-order valence-electron chi connectivity index (χ3n) is 1.98. The van der Waals surface area contributed by atoms with Crippen molar-refractivity contribution < 1.29 is 10.1 Å². The van der Waals surface area contributed by atoms with E-state index in [4.69, 9.17) is 10.9 Å². The predicted octanol–water partition coefficient (Wildman–Crippen LogP) is 2.58. The molecule has 0 saturated carbocycles. The van der Waals surface area contributed by atoms with Crippen LogP contribution in [0.2, 0.25) is 0 Å². The Morgan fingerprint density at radius 1 is 1.50 bits per heavy atom. The van der Waals surface area contributed by atoms with Crippen molar-refractivity contribution in [1.82, 2.24) is 0 Å². The number of hydrogen-bond acceptors (Lipinski definition) is 5. The van der Waals surface area contributed by atoms with Crippen molar-refractivity contribution in [1.29, 1.82) is 0 Å². The monoisotopic (exact) mass is 269 g/mol. The van der Waals surface area contributed by atoms with Gasteiger partial charge in [0, 0.05) is 16.4 Å². The summed E-state index contributed by atoms with van der Waals surface area (Å²) in [6.45, 7) is 5.91. The first-order valence-electron chi connectivity index (χ1n) is 5.20. The third-order valence-corrected chi connectivity index (χ3v) is 3.15. The fraction of sp³-hybridized carbons (Fsp3) is 0.364. The first kappa shape index (κ1) is 14.3. The maximum Gasteiger partial charge on any atom is 0.283 e. The maximum absolute atomic E-state index is 11.0. The second kappa shape index (κ2) is 5.26. The maximum atomic E-state index is 11.0. The molecule has 0 spiro atoms. The fourth-order valence-corrected chi connectivity index (χ4v) is 2.33. The first-order chi connectivity index (χ1) is 8.24. The van der Waals surface area contributed by atoms with Crippen LogP contribution in [0, 0.1) is 10.1 Å². The van der Waals surface area contributed by atoms with Gasteiger partial charge in [0.25, 0.3) is 5.69 Å². The van der Waals surface area contributed by atoms with Crippen LogP contribution in [-0.4, -0.2) is 20.7 Å². The summed E-state index contributed by atoms with van der Waals surface area (Å²) in [5.41, 5.74) is 5.69. The molecule has 0 aliphatic heterocycles. The van der Waals surface area contributed by atoms with Crippen LogP contribution in [0.4, 0.5) is 5.69 Å². The third kappa shape index (κ3) is 3.63. The van der Waals surface area contributed by atoms with Gasteiger partial charge in [0.1, 0.15) is 0 Å². The normalized spacial score (nSPS) is 12.5. The van der Waals surface area contributed by atoms with E-state index < -0.39 is 4.92 Å². The minimum absolute atomic E-state index is 0.0426. The molecule has 6 nitrogen and oxygen atoms in total. The van der Waals surface area contributed by atoms with E-state index in [2.05, 4.69) is 5.16 Å². The standard InChI is InChI=1S/C11H15N3O3S/c1-11(2,3)18-9-5-4-7(10(12)13-15)6-8(9)14(16)17/h4-6,15H,1-3H3,(H2,12,13). The van der Waals surface area contributed by atoms with Gasteiger partial charge >= 0.3 is 0 Å². The van der Waals surface area contributed by atoms with E-state index in [1.807, 2.05) is 20.8 Å². The first-order valence-corrected chi connectivity index (χ1v) is 6.01. The molecule has 0 aliphatic rings. The lowest BCUT2D eigenvalue weighted by Gasteiger charge is -2.17. The number of amidine groups is 1. The minimum atomic E-state index is -0.470. The molecule has 7 heteroatoms. The quantitative estimate of drug-likeness (QED) is 0.219. The highest BCUT2D eigenvalue weighted by atomic mass is 32.2. The van der Waals surface area contributed by atoms with Crippen LogP contribution < -0.4 is 5.73 Å². The molecule has 0 amide bonds. The zero-order chi connectivity index (χ0) is 13.9. The molecule has 18 heavy (non-hydrogen) atoms. The molecule has 0 heterocycles. The number of oxime groups is 1. The SMILES string of the molecule is CC(C)(C)Sc1ccc(/C(N)=N/O)cc1[N+](=O)[O-]. The molecule has 0 aromatic heterocycles. The Balaban J connectivity index is 3.25. The van der Waals surface area contributed by atoms with Crippen molar-refractivity contribution in [2.24, 2.45) is 10.9 Å². The summed E-state index contributed by atoms with van der Waals surface area (Å²) in [4.78, 5) is 11.1. The van der Waals surface area contributed by atoms with Crippen LogP contribution in [-0.2, 0) is 0 Å². The van der Waals surface area contributed by atoms with E-state index in [1.165, 1.54) is 17.8 Å². The average molecular weight is 269 g/mol. The van der Waals surface area contributed by atoms with Gasteiger partial charge in [0.15, 0.2) is 5.84 Å². The number of benzene rings is 1. The molecule has 1 aromatic carbocycles. The zero-order valence-corrected chi connectivity index (χ0v) is 11.2. The molecular formula is C11H15N3O3S. The van der Waals surface area contributed by atoms with Crippen LogP contribution in [0.25, 0.3) is 0 Å². The van der Waals surface area contributed by atoms with Gasteiger partial charge in [-0.1, -0.05) is 25.9 Å². The van der Waals surface area contributed by atoms with Gasteiger partial charge in [0.2, 0.25) is 0 Å². The molecule has 0 fully saturated rings. The lowest BCUT2D eigenvalue weighted by molar-refractivity contribution is -0.387. The van der Waals surface area contributed by atoms with E-state index in [-0.39, 0.29) is 16.3 Å². The van der Waals surface area contributed by atoms with E-state index >= 15 is 0 Å². The highest BCUT2D eigenvalue weighted by Gasteiger charge is 2.21. The smallest absolute Gasteiger partial charge is 0.283 e. The summed E-state index contributed by atoms with van der Waals surface area (Å²) in [5.74, 6) is -0.148. The average Bonchev–Trinajstić information content (AvgIpc) is 2.26. The predicted molar refractivity (Wildman–Crippen MR) is 71.2 cm³/mol. The summed E-state index contributed by atoms with van der Waals surface area (Å²) >= 11 is 1.40. The summed E-state index contributed by atoms with van der Waals surface area (Å²) < 4.78 is -0.136. The molecule has 1 rings (SSSR count). The van der Waals surface area contributed by atoms with Gasteiger partial charge in [0.05, 0.1) is 9.82 Å². The topological polar surface area (TPSA) is 102 Å². The lowest BCUT2D eigenvalue weighted by Crippen LogP contribution is -2.14. The van der Waals surface area contributed by atoms with Gasteiger partial charge in [-0.05, 0) is 12.1 Å². The minimum Gasteiger partial charge on any atom is -0.409 e. The van der Waals surface area contributed by atoms with E-state index in [0.717, 1.165) is 0 Å². The Morgan fingerprint density at radius 3 is 2.56 bits per heavy atom. The van der Waals surface area contributed by atoms with Crippen LogP contribution in [0.3, 0.4) is 0 Å². The number of nitro groups is 1. The highest BCUT2D eigenvalue weighted by Crippen LogP contribution is 2.37. The Labute approximate surface area is 109 Å². The zero-order valence-electron chi connectivity index (χ0n) is 10.4. The highest BCUT2D eigenvalue weighted by molar-refractivity contribution is 8.00. The van der Waals surface area contributed by atoms with Gasteiger partial charge in [-0.2, -0.15) is 0 Å². The van der Waals surface area contributed by atoms with Gasteiger partial charge in [-0.15, -0.1) is 11.8 Å². The summed E-state index contributed by atoms with van der Waals surface area (Å²) in [6, 6.07) is 4.51. The fourth-order valence-electron chi connectivity index (χ4n) is 1.29. The molecule has 1 aromatic rings. The second-order valence-electron chi connectivity index (χ2n) is 4.64. The van der Waals surface area contributed by atoms with Crippen molar-refractivity contribution in [2.75, 3.05) is 0 Å². The van der Waals surface area contributed by atoms with E-state index in [0.29, 0.717) is 10.5 Å². The number of thioether (sulfide) groups is 1. The molecule has 98 valence electrons. The summed E-state index contributed by atoms with van der Waals surface area (Å²) in [6.07, 6.45) is 0. The van der Waals surface area contributed by atoms with E-state index in [9.17, 15) is 10.1 Å². The number of rotatable bonds is 3. The van der Waals surface area contributed by atoms with Crippen molar-refractivity contribution in [2.45, 2.75) is 30.4 Å². The molecule has 0 bridgehead atoms. The largest absolute Gasteiger partial charge is 0.409 e. The Morgan fingerprint density at radius 2 is 2.11 bits per heavy atom. The van der Waals surface area contributed by atoms with Crippen molar-refractivity contribution in [3.05, 3.63) is 33.9 Å². The molecule has 0 atom stereocenters. The molecule has 0 radical (unpaired) electrons. The second-order valence-corrected chi connectivity index (χ2v) is 6.51. The Bertz CT molecular complexity index is 495.